The quantitative estimate of drug-likeness (QED) is 0.194. The van der Waals surface area contributed by atoms with E-state index in [9.17, 15) is 29.4 Å². The number of aliphatic carboxylic acids is 2. The summed E-state index contributed by atoms with van der Waals surface area (Å²) in [5, 5.41) is 24.6. The van der Waals surface area contributed by atoms with Gasteiger partial charge < -0.3 is 49.4 Å². The number of nitrogens with one attached hydrogen (secondary N) is 2. The predicted molar refractivity (Wildman–Crippen MR) is 81.4 cm³/mol. The normalized spacial score (nSPS) is 9.26. The summed E-state index contributed by atoms with van der Waals surface area (Å²) >= 11 is 0. The number of hydrogen-bond donors (Lipinski definition) is 2. The number of carbonyl (C=O) groups is 4. The number of amides is 2. The summed E-state index contributed by atoms with van der Waals surface area (Å²) in [7, 11) is 3.03. The molecule has 27 heavy (non-hydrogen) atoms. The monoisotopic (exact) mass is 444 g/mol. The van der Waals surface area contributed by atoms with E-state index >= 15 is 0 Å². The second kappa shape index (κ2) is 22.4. The minimum atomic E-state index is -1.34. The predicted octanol–water partition coefficient (Wildman–Crippen LogP) is -4.97. The molecule has 152 valence electrons. The third-order valence-corrected chi connectivity index (χ3v) is 2.16. The standard InChI is InChI=1S/2C7H13NO5.Zn/c2*1-12-3-2-8-6(9)4-13-5-7(10)11;/h2*2-5H2,1H3,(H,8,9)(H,10,11);/q;;+2/p-2. The Hall–Kier alpha value is -1.66. The van der Waals surface area contributed by atoms with Gasteiger partial charge in [0.1, 0.15) is 13.2 Å². The molecule has 0 rings (SSSR count). The summed E-state index contributed by atoms with van der Waals surface area (Å²) in [6.45, 7) is -0.128. The minimum Gasteiger partial charge on any atom is -0.548 e. The SMILES string of the molecule is COCCNC(=O)COCC(=O)[O-].COCCNC(=O)COCC(=O)[O-].[Zn+2]. The molecule has 0 aliphatic carbocycles. The Balaban J connectivity index is -0.000000411. The molecule has 0 atom stereocenters. The maximum Gasteiger partial charge on any atom is 2.00 e. The molecule has 2 N–H and O–H groups in total. The third kappa shape index (κ3) is 29.4. The molecule has 0 aliphatic rings. The van der Waals surface area contributed by atoms with Gasteiger partial charge in [-0.05, 0) is 0 Å². The molecule has 12 nitrogen and oxygen atoms in total. The van der Waals surface area contributed by atoms with E-state index in [0.29, 0.717) is 26.3 Å². The van der Waals surface area contributed by atoms with Crippen molar-refractivity contribution in [3.63, 3.8) is 0 Å². The van der Waals surface area contributed by atoms with E-state index in [4.69, 9.17) is 0 Å². The summed E-state index contributed by atoms with van der Waals surface area (Å²) in [6, 6.07) is 0. The van der Waals surface area contributed by atoms with E-state index in [1.54, 1.807) is 0 Å². The van der Waals surface area contributed by atoms with Crippen LogP contribution in [0.4, 0.5) is 0 Å². The Bertz CT molecular complexity index is 385. The van der Waals surface area contributed by atoms with Crippen LogP contribution in [0, 0.1) is 0 Å². The van der Waals surface area contributed by atoms with Gasteiger partial charge in [0.15, 0.2) is 0 Å². The average Bonchev–Trinajstić information content (AvgIpc) is 2.55. The van der Waals surface area contributed by atoms with Crippen LogP contribution in [0.2, 0.25) is 0 Å². The first-order chi connectivity index (χ1) is 12.3. The Morgan fingerprint density at radius 3 is 1.30 bits per heavy atom. The second-order valence-electron chi connectivity index (χ2n) is 4.42. The van der Waals surface area contributed by atoms with E-state index in [1.165, 1.54) is 14.2 Å². The van der Waals surface area contributed by atoms with E-state index in [1.807, 2.05) is 0 Å². The molecule has 0 saturated heterocycles. The van der Waals surface area contributed by atoms with Crippen LogP contribution in [-0.2, 0) is 57.6 Å². The van der Waals surface area contributed by atoms with Crippen LogP contribution in [0.5, 0.6) is 0 Å². The van der Waals surface area contributed by atoms with E-state index in [0.717, 1.165) is 0 Å². The van der Waals surface area contributed by atoms with Crippen molar-refractivity contribution in [2.75, 3.05) is 67.0 Å². The van der Waals surface area contributed by atoms with E-state index < -0.39 is 25.2 Å². The van der Waals surface area contributed by atoms with Gasteiger partial charge in [0, 0.05) is 27.3 Å². The van der Waals surface area contributed by atoms with Crippen LogP contribution in [0.25, 0.3) is 0 Å². The second-order valence-corrected chi connectivity index (χ2v) is 4.42. The molecule has 0 aliphatic heterocycles. The van der Waals surface area contributed by atoms with Crippen molar-refractivity contribution in [1.29, 1.82) is 0 Å². The van der Waals surface area contributed by atoms with E-state index in [2.05, 4.69) is 29.6 Å². The molecule has 0 radical (unpaired) electrons. The topological polar surface area (TPSA) is 175 Å². The summed E-state index contributed by atoms with van der Waals surface area (Å²) in [5.41, 5.74) is 0. The summed E-state index contributed by atoms with van der Waals surface area (Å²) in [5.74, 6) is -3.44. The number of ether oxygens (including phenoxy) is 4. The van der Waals surface area contributed by atoms with Gasteiger partial charge in [0.25, 0.3) is 0 Å². The smallest absolute Gasteiger partial charge is 0.548 e. The molecule has 2 amide bonds. The molecule has 0 spiro atoms. The maximum absolute atomic E-state index is 10.8. The van der Waals surface area contributed by atoms with Gasteiger partial charge in [-0.1, -0.05) is 0 Å². The van der Waals surface area contributed by atoms with Crippen LogP contribution in [-0.4, -0.2) is 90.7 Å². The summed E-state index contributed by atoms with van der Waals surface area (Å²) < 4.78 is 18.3. The third-order valence-electron chi connectivity index (χ3n) is 2.16. The van der Waals surface area contributed by atoms with Crippen molar-refractivity contribution in [3.05, 3.63) is 0 Å². The molecule has 0 fully saturated rings. The van der Waals surface area contributed by atoms with Crippen LogP contribution in [0.3, 0.4) is 0 Å². The number of hydrogen-bond acceptors (Lipinski definition) is 10. The number of carboxylic acid groups (broad SMARTS) is 2. The first-order valence-corrected chi connectivity index (χ1v) is 7.39. The van der Waals surface area contributed by atoms with Gasteiger partial charge in [-0.15, -0.1) is 0 Å². The van der Waals surface area contributed by atoms with Crippen molar-refractivity contribution in [3.8, 4) is 0 Å². The fraction of sp³-hybridized carbons (Fsp3) is 0.714. The van der Waals surface area contributed by atoms with E-state index in [-0.39, 0.29) is 44.5 Å². The van der Waals surface area contributed by atoms with Crippen LogP contribution in [0.15, 0.2) is 0 Å². The molecule has 0 unspecified atom stereocenters. The van der Waals surface area contributed by atoms with Crippen molar-refractivity contribution in [1.82, 2.24) is 10.6 Å². The van der Waals surface area contributed by atoms with Crippen molar-refractivity contribution in [2.45, 2.75) is 0 Å². The van der Waals surface area contributed by atoms with Gasteiger partial charge in [-0.3, -0.25) is 9.59 Å². The average molecular weight is 446 g/mol. The largest absolute Gasteiger partial charge is 2.00 e. The van der Waals surface area contributed by atoms with Crippen LogP contribution >= 0.6 is 0 Å². The Labute approximate surface area is 169 Å². The minimum absolute atomic E-state index is 0. The van der Waals surface area contributed by atoms with Gasteiger partial charge in [0.2, 0.25) is 11.8 Å². The Morgan fingerprint density at radius 2 is 1.04 bits per heavy atom. The molecule has 0 heterocycles. The number of methoxy groups -OCH3 is 2. The Kier molecular flexibility index (Phi) is 24.9. The van der Waals surface area contributed by atoms with Crippen LogP contribution < -0.4 is 20.8 Å². The fourth-order valence-corrected chi connectivity index (χ4v) is 1.14. The Morgan fingerprint density at radius 1 is 0.704 bits per heavy atom. The van der Waals surface area contributed by atoms with Gasteiger partial charge in [-0.2, -0.15) is 0 Å². The van der Waals surface area contributed by atoms with Crippen molar-refractivity contribution >= 4 is 23.8 Å². The summed E-state index contributed by atoms with van der Waals surface area (Å²) in [6.07, 6.45) is 0. The van der Waals surface area contributed by atoms with Crippen LogP contribution in [0.1, 0.15) is 0 Å². The zero-order valence-electron chi connectivity index (χ0n) is 15.4. The molecule has 0 aromatic carbocycles. The molecule has 0 aromatic heterocycles. The first kappa shape index (κ1) is 30.1. The molecular formula is C14H24N2O10Zn. The summed E-state index contributed by atoms with van der Waals surface area (Å²) in [4.78, 5) is 41.3. The zero-order chi connectivity index (χ0) is 20.2. The maximum atomic E-state index is 10.8. The fourth-order valence-electron chi connectivity index (χ4n) is 1.14. The first-order valence-electron chi connectivity index (χ1n) is 7.39. The molecule has 0 aromatic rings. The van der Waals surface area contributed by atoms with Crippen molar-refractivity contribution in [2.24, 2.45) is 0 Å². The van der Waals surface area contributed by atoms with Crippen molar-refractivity contribution < 1.29 is 67.8 Å². The zero-order valence-corrected chi connectivity index (χ0v) is 18.4. The van der Waals surface area contributed by atoms with Gasteiger partial charge >= 0.3 is 19.5 Å². The van der Waals surface area contributed by atoms with Gasteiger partial charge in [0.05, 0.1) is 38.4 Å². The molecule has 0 saturated carbocycles. The number of carbonyl (C=O) groups excluding carboxylic acids is 4. The molecule has 0 bridgehead atoms. The molecule has 13 heteroatoms. The number of carboxylic acids is 2. The molecular weight excluding hydrogens is 422 g/mol. The number of rotatable bonds is 14. The van der Waals surface area contributed by atoms with Gasteiger partial charge in [-0.25, -0.2) is 0 Å².